The van der Waals surface area contributed by atoms with Crippen molar-refractivity contribution in [2.24, 2.45) is 21.5 Å². The molecule has 0 saturated carbocycles. The maximum absolute atomic E-state index is 15.1. The number of nitrogens with two attached hydrogens (primary N) is 2. The number of aromatic nitrogens is 1. The predicted octanol–water partition coefficient (Wildman–Crippen LogP) is -2.70. The van der Waals surface area contributed by atoms with Crippen molar-refractivity contribution in [3.05, 3.63) is 83.7 Å². The van der Waals surface area contributed by atoms with E-state index in [1.54, 1.807) is 73.1 Å². The fourth-order valence-corrected chi connectivity index (χ4v) is 10.4. The van der Waals surface area contributed by atoms with Gasteiger partial charge < -0.3 is 79.4 Å². The number of carbonyl (C=O) groups is 11. The molecule has 0 spiro atoms. The van der Waals surface area contributed by atoms with Crippen molar-refractivity contribution < 1.29 is 63.0 Å². The van der Waals surface area contributed by atoms with E-state index in [1.807, 2.05) is 0 Å². The number of carbonyl (C=O) groups excluding carboxylic acids is 11. The van der Waals surface area contributed by atoms with Crippen molar-refractivity contribution >= 4 is 87.9 Å². The zero-order chi connectivity index (χ0) is 62.3. The van der Waals surface area contributed by atoms with E-state index in [2.05, 4.69) is 62.8 Å². The van der Waals surface area contributed by atoms with E-state index in [1.165, 1.54) is 18.9 Å². The van der Waals surface area contributed by atoms with Crippen LogP contribution in [0.3, 0.4) is 0 Å². The Labute approximate surface area is 496 Å². The number of aliphatic hydroxyl groups is 2. The van der Waals surface area contributed by atoms with Crippen LogP contribution < -0.4 is 59.3 Å². The maximum Gasteiger partial charge on any atom is 0.245 e. The molecule has 86 heavy (non-hydrogen) atoms. The van der Waals surface area contributed by atoms with Crippen LogP contribution in [0.2, 0.25) is 0 Å². The second-order valence-corrected chi connectivity index (χ2v) is 21.3. The van der Waals surface area contributed by atoms with Gasteiger partial charge in [0.25, 0.3) is 0 Å². The number of likely N-dealkylation sites (tertiary alicyclic amines) is 1. The van der Waals surface area contributed by atoms with Crippen LogP contribution in [0.1, 0.15) is 95.1 Å². The monoisotopic (exact) mass is 1190 g/mol. The second kappa shape index (κ2) is 32.9. The van der Waals surface area contributed by atoms with Crippen LogP contribution >= 0.6 is 0 Å². The zero-order valence-electron chi connectivity index (χ0n) is 48.2. The highest BCUT2D eigenvalue weighted by molar-refractivity contribution is 5.99. The Morgan fingerprint density at radius 2 is 1.36 bits per heavy atom. The number of allylic oxidation sites excluding steroid dienone is 1. The first-order valence-corrected chi connectivity index (χ1v) is 28.8. The molecule has 0 aliphatic carbocycles. The lowest BCUT2D eigenvalue weighted by atomic mass is 10.00. The van der Waals surface area contributed by atoms with Crippen molar-refractivity contribution in [3.8, 4) is 0 Å². The molecule has 3 aliphatic heterocycles. The Morgan fingerprint density at radius 3 is 2.03 bits per heavy atom. The van der Waals surface area contributed by atoms with Crippen LogP contribution in [0.25, 0.3) is 10.9 Å². The van der Waals surface area contributed by atoms with Crippen molar-refractivity contribution in [2.45, 2.75) is 151 Å². The number of hydrogen-bond donors (Lipinski definition) is 14. The van der Waals surface area contributed by atoms with Gasteiger partial charge in [0, 0.05) is 94.6 Å². The van der Waals surface area contributed by atoms with Gasteiger partial charge in [0.05, 0.1) is 13.2 Å². The van der Waals surface area contributed by atoms with Gasteiger partial charge in [-0.05, 0) is 62.1 Å². The minimum absolute atomic E-state index is 0.0123. The number of Topliss-reactive ketones (excluding diaryl/α,β-unsaturated/α-hetero) is 1. The Balaban J connectivity index is 1.38. The SMILES string of the molecule is CNC(=O)[C@H](CO)NC(=O)[C@H](CO)NC(=O)[C@@H]1CCCN1C(=O)[C@@H]1CCC(=O)CCCC[C@H](NC(C)=O)C(=O)N[C@@H](CC2=CCC=N2)C(=O)N[C@H](Cc2ccccc2)C(=O)N[C@@H](CCCN=C(N)N)C(=O)N[C@@H](Cc2c[nH]c3ccccc23)C(=O)N1. The minimum atomic E-state index is -1.63. The fraction of sp³-hybridized carbons (Fsp3) is 0.500. The molecule has 16 N–H and O–H groups in total. The van der Waals surface area contributed by atoms with Gasteiger partial charge in [-0.3, -0.25) is 62.7 Å². The third-order valence-corrected chi connectivity index (χ3v) is 14.9. The van der Waals surface area contributed by atoms with Crippen molar-refractivity contribution in [2.75, 3.05) is 33.4 Å². The molecule has 0 bridgehead atoms. The summed E-state index contributed by atoms with van der Waals surface area (Å²) < 4.78 is 0. The summed E-state index contributed by atoms with van der Waals surface area (Å²) in [5.74, 6) is -8.67. The van der Waals surface area contributed by atoms with E-state index in [0.717, 1.165) is 0 Å². The van der Waals surface area contributed by atoms with Gasteiger partial charge >= 0.3 is 0 Å². The first-order valence-electron chi connectivity index (χ1n) is 28.8. The number of aliphatic hydroxyl groups excluding tert-OH is 2. The molecule has 10 amide bonds. The summed E-state index contributed by atoms with van der Waals surface area (Å²) in [4.78, 5) is 167. The van der Waals surface area contributed by atoms with Gasteiger partial charge in [0.1, 0.15) is 60.2 Å². The van der Waals surface area contributed by atoms with Gasteiger partial charge in [-0.25, -0.2) is 0 Å². The van der Waals surface area contributed by atoms with Gasteiger partial charge in [-0.1, -0.05) is 61.0 Å². The van der Waals surface area contributed by atoms with Gasteiger partial charge in [0.2, 0.25) is 59.1 Å². The molecular weight excluding hydrogens is 1110 g/mol. The number of likely N-dealkylation sites (N-methyl/N-ethyl adjacent to an activating group) is 1. The summed E-state index contributed by atoms with van der Waals surface area (Å²) in [5.41, 5.74) is 13.6. The number of guanidine groups is 1. The lowest BCUT2D eigenvalue weighted by molar-refractivity contribution is -0.143. The molecule has 3 aromatic rings. The maximum atomic E-state index is 15.1. The van der Waals surface area contributed by atoms with Crippen LogP contribution in [-0.4, -0.2) is 185 Å². The molecule has 2 saturated heterocycles. The largest absolute Gasteiger partial charge is 0.394 e. The quantitative estimate of drug-likeness (QED) is 0.0330. The number of amides is 10. The lowest BCUT2D eigenvalue weighted by Crippen LogP contribution is -2.61. The third kappa shape index (κ3) is 19.5. The molecule has 0 radical (unpaired) electrons. The van der Waals surface area contributed by atoms with E-state index in [0.29, 0.717) is 34.1 Å². The number of fused-ring (bicyclic) bond motifs is 1. The highest BCUT2D eigenvalue weighted by Gasteiger charge is 2.41. The summed E-state index contributed by atoms with van der Waals surface area (Å²) >= 11 is 0. The standard InChI is InChI=1S/C58H79N15O13/c1-33(76)65-40-19-8-6-16-37(77)22-23-42(57(86)73-26-12-21-48(73)56(85)72-47(32-75)55(84)71-46(31-74)49(78)61-2)67-53(82)44(28-35-30-64-39-18-9-7-17-38(35)39)69-51(80)41(20-11-25-63-58(59)60)66-52(81)43(27-34-13-4-3-5-14-34)68-54(83)45(70-50(40)79)29-36-15-10-24-62-36/h3-5,7,9,13-15,17-18,24,30,40-48,64,74-75H,6,8,10-12,16,19-23,25-29,31-32H2,1-2H3,(H,61,78)(H,65,76)(H,66,81)(H,67,82)(H,68,83)(H,69,80)(H,70,79)(H,71,84)(H,72,85)(H4,59,60,63)/t40-,41-,42-,43+,44-,45-,46-,47-,48-/m0/s1. The van der Waals surface area contributed by atoms with E-state index in [4.69, 9.17) is 11.5 Å². The first-order chi connectivity index (χ1) is 41.3. The number of hydrogen-bond acceptors (Lipinski definition) is 15. The number of nitrogens with one attached hydrogen (secondary N) is 10. The first kappa shape index (κ1) is 66.1. The molecule has 0 unspecified atom stereocenters. The third-order valence-electron chi connectivity index (χ3n) is 14.9. The summed E-state index contributed by atoms with van der Waals surface area (Å²) in [7, 11) is 1.28. The average molecular weight is 1190 g/mol. The molecule has 28 heteroatoms. The number of H-pyrrole nitrogens is 1. The van der Waals surface area contributed by atoms with Crippen molar-refractivity contribution in [3.63, 3.8) is 0 Å². The Bertz CT molecular complexity index is 3020. The van der Waals surface area contributed by atoms with Crippen molar-refractivity contribution in [1.29, 1.82) is 0 Å². The van der Waals surface area contributed by atoms with Crippen LogP contribution in [0, 0.1) is 0 Å². The summed E-state index contributed by atoms with van der Waals surface area (Å²) in [6, 6.07) is 3.21. The smallest absolute Gasteiger partial charge is 0.245 e. The number of aliphatic imine (C=N–C) groups is 2. The van der Waals surface area contributed by atoms with E-state index >= 15 is 4.79 Å². The second-order valence-electron chi connectivity index (χ2n) is 21.3. The number of ketones is 1. The highest BCUT2D eigenvalue weighted by Crippen LogP contribution is 2.23. The molecule has 2 fully saturated rings. The molecule has 9 atom stereocenters. The van der Waals surface area contributed by atoms with E-state index < -0.39 is 127 Å². The Morgan fingerprint density at radius 1 is 0.721 bits per heavy atom. The Hall–Kier alpha value is -9.05. The summed E-state index contributed by atoms with van der Waals surface area (Å²) in [6.45, 7) is -0.520. The summed E-state index contributed by atoms with van der Waals surface area (Å²) in [5, 5.41) is 44.1. The zero-order valence-corrected chi connectivity index (χ0v) is 48.2. The van der Waals surface area contributed by atoms with Crippen LogP contribution in [0.5, 0.6) is 0 Å². The normalized spacial score (nSPS) is 22.8. The summed E-state index contributed by atoms with van der Waals surface area (Å²) in [6.07, 6.45) is 5.28. The number of aromatic amines is 1. The number of benzene rings is 2. The van der Waals surface area contributed by atoms with Crippen LogP contribution in [0.4, 0.5) is 0 Å². The predicted molar refractivity (Wildman–Crippen MR) is 315 cm³/mol. The van der Waals surface area contributed by atoms with E-state index in [-0.39, 0.29) is 108 Å². The molecule has 464 valence electrons. The molecule has 28 nitrogen and oxygen atoms in total. The van der Waals surface area contributed by atoms with E-state index in [9.17, 15) is 58.2 Å². The van der Waals surface area contributed by atoms with Crippen LogP contribution in [-0.2, 0) is 65.6 Å². The minimum Gasteiger partial charge on any atom is -0.394 e. The molecular formula is C58H79N15O13. The molecule has 1 aromatic heterocycles. The number of nitrogens with zero attached hydrogens (tertiary/aromatic N) is 3. The van der Waals surface area contributed by atoms with Crippen LogP contribution in [0.15, 0.2) is 82.6 Å². The fourth-order valence-electron chi connectivity index (χ4n) is 10.4. The molecule has 4 heterocycles. The lowest BCUT2D eigenvalue weighted by Gasteiger charge is -2.31. The number of para-hydroxylation sites is 1. The molecule has 6 rings (SSSR count). The topological polar surface area (TPSA) is 432 Å². The van der Waals surface area contributed by atoms with Crippen molar-refractivity contribution in [1.82, 2.24) is 57.7 Å². The highest BCUT2D eigenvalue weighted by atomic mass is 16.3. The average Bonchev–Trinajstić information content (AvgIpc) is 3.44. The van der Waals surface area contributed by atoms with Gasteiger partial charge in [-0.2, -0.15) is 0 Å². The number of rotatable bonds is 19. The molecule has 3 aliphatic rings. The van der Waals surface area contributed by atoms with Gasteiger partial charge in [0.15, 0.2) is 5.96 Å². The molecule has 2 aromatic carbocycles. The van der Waals surface area contributed by atoms with Gasteiger partial charge in [-0.15, -0.1) is 0 Å². The Kier molecular flexibility index (Phi) is 25.3.